The number of nitrogens with two attached hydrogens (primary N) is 1. The number of ether oxygens (including phenoxy) is 1. The number of nitrogens with zero attached hydrogens (tertiary/aromatic N) is 1. The van der Waals surface area contributed by atoms with Gasteiger partial charge in [-0.2, -0.15) is 0 Å². The number of cyclic esters (lactones) is 2. The van der Waals surface area contributed by atoms with E-state index in [0.29, 0.717) is 0 Å². The van der Waals surface area contributed by atoms with E-state index in [9.17, 15) is 39.3 Å². The van der Waals surface area contributed by atoms with Crippen molar-refractivity contribution in [2.45, 2.75) is 30.8 Å². The van der Waals surface area contributed by atoms with E-state index in [1.807, 2.05) is 0 Å². The summed E-state index contributed by atoms with van der Waals surface area (Å²) in [6.45, 7) is -0.946. The van der Waals surface area contributed by atoms with E-state index in [0.717, 1.165) is 4.90 Å². The average Bonchev–Trinajstić information content (AvgIpc) is 2.48. The van der Waals surface area contributed by atoms with Gasteiger partial charge in [0.15, 0.2) is 0 Å². The molecule has 0 amide bonds. The molecule has 0 spiro atoms. The maximum atomic E-state index is 11.6. The number of rotatable bonds is 11. The average molecular weight is 375 g/mol. The van der Waals surface area contributed by atoms with Crippen molar-refractivity contribution in [3.63, 3.8) is 0 Å². The molecule has 1 aliphatic rings. The first-order valence-electron chi connectivity index (χ1n) is 7.68. The summed E-state index contributed by atoms with van der Waals surface area (Å²) in [5.41, 5.74) is 3.53. The highest BCUT2D eigenvalue weighted by Gasteiger charge is 2.50. The zero-order valence-corrected chi connectivity index (χ0v) is 13.8. The fourth-order valence-corrected chi connectivity index (χ4v) is 3.03. The van der Waals surface area contributed by atoms with Crippen LogP contribution in [-0.4, -0.2) is 87.8 Å². The van der Waals surface area contributed by atoms with Crippen molar-refractivity contribution in [2.24, 2.45) is 5.73 Å². The molecule has 0 aromatic heterocycles. The van der Waals surface area contributed by atoms with Crippen LogP contribution in [0, 0.1) is 0 Å². The summed E-state index contributed by atoms with van der Waals surface area (Å²) >= 11 is 0. The van der Waals surface area contributed by atoms with Crippen LogP contribution in [0.3, 0.4) is 0 Å². The first-order valence-corrected chi connectivity index (χ1v) is 7.68. The van der Waals surface area contributed by atoms with Gasteiger partial charge in [0.1, 0.15) is 0 Å². The Hall–Kier alpha value is -2.57. The molecule has 0 aliphatic carbocycles. The van der Waals surface area contributed by atoms with Gasteiger partial charge < -0.3 is 31.1 Å². The predicted octanol–water partition coefficient (Wildman–Crippen LogP) is -2.55. The van der Waals surface area contributed by atoms with E-state index in [1.165, 1.54) is 0 Å². The third kappa shape index (κ3) is 5.75. The van der Waals surface area contributed by atoms with Crippen molar-refractivity contribution < 1.29 is 44.0 Å². The standard InChI is InChI=1S/C14H21N3O9/c15-1-2-16-8(3-9(18)19)14(4-10(20)21,5-11(22)23)17-6-12(24)26-13(25)7-17/h8,16H,1-7,15H2,(H,18,19)(H,20,21)(H,22,23). The number of carboxylic acid groups (broad SMARTS) is 3. The Morgan fingerprint density at radius 2 is 1.58 bits per heavy atom. The number of hydrogen-bond donors (Lipinski definition) is 5. The highest BCUT2D eigenvalue weighted by atomic mass is 16.6. The Bertz CT molecular complexity index is 560. The summed E-state index contributed by atoms with van der Waals surface area (Å²) in [4.78, 5) is 58.5. The van der Waals surface area contributed by atoms with Crippen LogP contribution in [-0.2, 0) is 28.7 Å². The van der Waals surface area contributed by atoms with E-state index >= 15 is 0 Å². The van der Waals surface area contributed by atoms with Gasteiger partial charge in [-0.15, -0.1) is 0 Å². The Morgan fingerprint density at radius 1 is 1.08 bits per heavy atom. The summed E-state index contributed by atoms with van der Waals surface area (Å²) < 4.78 is 4.39. The molecule has 1 rings (SSSR count). The molecule has 0 aromatic rings. The molecule has 1 aliphatic heterocycles. The van der Waals surface area contributed by atoms with Gasteiger partial charge in [-0.25, -0.2) is 0 Å². The molecule has 12 heteroatoms. The van der Waals surface area contributed by atoms with Crippen LogP contribution in [0.4, 0.5) is 0 Å². The van der Waals surface area contributed by atoms with Gasteiger partial charge in [0.25, 0.3) is 0 Å². The molecule has 12 nitrogen and oxygen atoms in total. The smallest absolute Gasteiger partial charge is 0.327 e. The fourth-order valence-electron chi connectivity index (χ4n) is 3.03. The third-order valence-electron chi connectivity index (χ3n) is 3.97. The monoisotopic (exact) mass is 375 g/mol. The molecule has 0 saturated carbocycles. The van der Waals surface area contributed by atoms with Gasteiger partial charge in [-0.1, -0.05) is 0 Å². The van der Waals surface area contributed by atoms with Crippen molar-refractivity contribution in [2.75, 3.05) is 26.2 Å². The second kappa shape index (κ2) is 9.22. The minimum Gasteiger partial charge on any atom is -0.481 e. The second-order valence-corrected chi connectivity index (χ2v) is 5.84. The summed E-state index contributed by atoms with van der Waals surface area (Å²) in [7, 11) is 0. The van der Waals surface area contributed by atoms with Crippen molar-refractivity contribution in [3.05, 3.63) is 0 Å². The predicted molar refractivity (Wildman–Crippen MR) is 83.0 cm³/mol. The third-order valence-corrected chi connectivity index (χ3v) is 3.97. The van der Waals surface area contributed by atoms with Crippen LogP contribution in [0.1, 0.15) is 19.3 Å². The summed E-state index contributed by atoms with van der Waals surface area (Å²) in [5, 5.41) is 30.5. The number of nitrogens with one attached hydrogen (secondary N) is 1. The lowest BCUT2D eigenvalue weighted by Crippen LogP contribution is -2.67. The van der Waals surface area contributed by atoms with E-state index in [4.69, 9.17) is 5.73 Å². The Labute approximate surface area is 147 Å². The Morgan fingerprint density at radius 3 is 1.96 bits per heavy atom. The van der Waals surface area contributed by atoms with E-state index in [-0.39, 0.29) is 13.1 Å². The number of aliphatic carboxylic acids is 3. The molecule has 1 unspecified atom stereocenters. The van der Waals surface area contributed by atoms with Gasteiger partial charge in [-0.05, 0) is 0 Å². The van der Waals surface area contributed by atoms with Crippen LogP contribution < -0.4 is 11.1 Å². The van der Waals surface area contributed by atoms with Gasteiger partial charge >= 0.3 is 29.8 Å². The maximum absolute atomic E-state index is 11.6. The van der Waals surface area contributed by atoms with Crippen LogP contribution in [0.15, 0.2) is 0 Å². The van der Waals surface area contributed by atoms with E-state index in [1.54, 1.807) is 0 Å². The quantitative estimate of drug-likeness (QED) is 0.187. The number of carbonyl (C=O) groups excluding carboxylic acids is 2. The molecule has 1 saturated heterocycles. The largest absolute Gasteiger partial charge is 0.481 e. The second-order valence-electron chi connectivity index (χ2n) is 5.84. The highest BCUT2D eigenvalue weighted by Crippen LogP contribution is 2.32. The van der Waals surface area contributed by atoms with Gasteiger partial charge in [0, 0.05) is 19.1 Å². The van der Waals surface area contributed by atoms with Crippen LogP contribution in [0.5, 0.6) is 0 Å². The van der Waals surface area contributed by atoms with Crippen LogP contribution in [0.25, 0.3) is 0 Å². The molecule has 6 N–H and O–H groups in total. The van der Waals surface area contributed by atoms with E-state index < -0.39 is 73.8 Å². The summed E-state index contributed by atoms with van der Waals surface area (Å²) in [6, 6.07) is -1.20. The molecule has 146 valence electrons. The molecular formula is C14H21N3O9. The normalized spacial score (nSPS) is 16.8. The summed E-state index contributed by atoms with van der Waals surface area (Å²) in [5.74, 6) is -6.10. The number of hydrogen-bond acceptors (Lipinski definition) is 9. The van der Waals surface area contributed by atoms with Crippen LogP contribution >= 0.6 is 0 Å². The van der Waals surface area contributed by atoms with Gasteiger partial charge in [0.05, 0.1) is 37.9 Å². The number of carbonyl (C=O) groups is 5. The molecule has 0 bridgehead atoms. The minimum atomic E-state index is -1.86. The zero-order chi connectivity index (χ0) is 19.9. The molecule has 0 radical (unpaired) electrons. The van der Waals surface area contributed by atoms with Gasteiger partial charge in [0.2, 0.25) is 0 Å². The lowest BCUT2D eigenvalue weighted by molar-refractivity contribution is -0.175. The lowest BCUT2D eigenvalue weighted by Gasteiger charge is -2.47. The first-order chi connectivity index (χ1) is 12.1. The first kappa shape index (κ1) is 21.5. The zero-order valence-electron chi connectivity index (χ0n) is 13.8. The number of carboxylic acids is 3. The number of morpholine rings is 1. The van der Waals surface area contributed by atoms with Crippen molar-refractivity contribution in [3.8, 4) is 0 Å². The topological polar surface area (TPSA) is 197 Å². The molecule has 1 fully saturated rings. The number of esters is 2. The van der Waals surface area contributed by atoms with Crippen molar-refractivity contribution >= 4 is 29.8 Å². The molecule has 0 aromatic carbocycles. The van der Waals surface area contributed by atoms with E-state index in [2.05, 4.69) is 10.1 Å². The molecule has 1 heterocycles. The highest BCUT2D eigenvalue weighted by molar-refractivity contribution is 5.90. The fraction of sp³-hybridized carbons (Fsp3) is 0.643. The molecule has 26 heavy (non-hydrogen) atoms. The lowest BCUT2D eigenvalue weighted by atomic mass is 9.79. The maximum Gasteiger partial charge on any atom is 0.327 e. The van der Waals surface area contributed by atoms with Crippen LogP contribution in [0.2, 0.25) is 0 Å². The Kier molecular flexibility index (Phi) is 7.61. The SMILES string of the molecule is NCCNC(CC(=O)O)C(CC(=O)O)(CC(=O)O)N1CC(=O)OC(=O)C1. The van der Waals surface area contributed by atoms with Crippen molar-refractivity contribution in [1.29, 1.82) is 0 Å². The summed E-state index contributed by atoms with van der Waals surface area (Å²) in [6.07, 6.45) is -2.26. The Balaban J connectivity index is 3.43. The minimum absolute atomic E-state index is 0.0746. The van der Waals surface area contributed by atoms with Gasteiger partial charge in [-0.3, -0.25) is 28.9 Å². The molecular weight excluding hydrogens is 354 g/mol. The molecule has 1 atom stereocenters. The van der Waals surface area contributed by atoms with Crippen molar-refractivity contribution in [1.82, 2.24) is 10.2 Å².